The average molecular weight is 341 g/mol. The molecule has 0 aliphatic rings. The number of ether oxygens (including phenoxy) is 1. The van der Waals surface area contributed by atoms with Crippen molar-refractivity contribution in [1.82, 2.24) is 4.72 Å². The Kier molecular flexibility index (Phi) is 6.11. The summed E-state index contributed by atoms with van der Waals surface area (Å²) in [5.74, 6) is -1.36. The standard InChI is InChI=1S/C14H19F4NO2S/c1-9(19-22(20)13(2,3)4)10-5-6-11(15)12(7-10)21-8-14(16,17)18/h5-7,9,19H,8H2,1-4H3/t9?,22-/m1/s1. The lowest BCUT2D eigenvalue weighted by Gasteiger charge is -2.26. The molecule has 1 unspecified atom stereocenters. The molecule has 0 saturated carbocycles. The number of alkyl halides is 3. The minimum absolute atomic E-state index is 0.436. The lowest BCUT2D eigenvalue weighted by Crippen LogP contribution is -2.40. The molecule has 0 spiro atoms. The van der Waals surface area contributed by atoms with E-state index in [0.717, 1.165) is 6.07 Å². The molecule has 0 radical (unpaired) electrons. The smallest absolute Gasteiger partial charge is 0.422 e. The molecule has 1 rings (SSSR count). The summed E-state index contributed by atoms with van der Waals surface area (Å²) in [6.07, 6.45) is -4.54. The molecule has 2 atom stereocenters. The maximum atomic E-state index is 13.5. The van der Waals surface area contributed by atoms with Crippen molar-refractivity contribution in [2.75, 3.05) is 6.61 Å². The molecule has 0 aliphatic carbocycles. The fourth-order valence-electron chi connectivity index (χ4n) is 1.46. The first-order valence-corrected chi connectivity index (χ1v) is 7.72. The Labute approximate surface area is 130 Å². The second kappa shape index (κ2) is 7.06. The van der Waals surface area contributed by atoms with Gasteiger partial charge in [0.05, 0.1) is 6.04 Å². The van der Waals surface area contributed by atoms with Crippen molar-refractivity contribution in [2.24, 2.45) is 0 Å². The minimum atomic E-state index is -4.54. The predicted molar refractivity (Wildman–Crippen MR) is 77.4 cm³/mol. The zero-order valence-corrected chi connectivity index (χ0v) is 13.6. The first-order valence-electron chi connectivity index (χ1n) is 6.57. The fraction of sp³-hybridized carbons (Fsp3) is 0.571. The lowest BCUT2D eigenvalue weighted by atomic mass is 10.1. The van der Waals surface area contributed by atoms with Crippen LogP contribution >= 0.6 is 0 Å². The van der Waals surface area contributed by atoms with Crippen molar-refractivity contribution in [1.29, 1.82) is 0 Å². The summed E-state index contributed by atoms with van der Waals surface area (Å²) in [4.78, 5) is 0. The maximum Gasteiger partial charge on any atom is 0.422 e. The largest absolute Gasteiger partial charge is 0.598 e. The van der Waals surface area contributed by atoms with Crippen LogP contribution in [0.2, 0.25) is 0 Å². The van der Waals surface area contributed by atoms with Crippen LogP contribution in [0, 0.1) is 5.82 Å². The van der Waals surface area contributed by atoms with E-state index in [1.54, 1.807) is 27.7 Å². The number of hydrogen-bond donors (Lipinski definition) is 1. The third kappa shape index (κ3) is 6.02. The van der Waals surface area contributed by atoms with Crippen molar-refractivity contribution in [3.05, 3.63) is 29.6 Å². The van der Waals surface area contributed by atoms with Gasteiger partial charge in [-0.15, -0.1) is 4.72 Å². The Morgan fingerprint density at radius 1 is 1.27 bits per heavy atom. The highest BCUT2D eigenvalue weighted by Crippen LogP contribution is 2.26. The fourth-order valence-corrected chi connectivity index (χ4v) is 2.28. The van der Waals surface area contributed by atoms with Crippen molar-refractivity contribution >= 4 is 11.4 Å². The van der Waals surface area contributed by atoms with E-state index in [4.69, 9.17) is 0 Å². The van der Waals surface area contributed by atoms with Crippen molar-refractivity contribution < 1.29 is 26.9 Å². The number of hydrogen-bond acceptors (Lipinski definition) is 3. The summed E-state index contributed by atoms with van der Waals surface area (Å²) in [6, 6.07) is 3.18. The van der Waals surface area contributed by atoms with Crippen LogP contribution in [0.25, 0.3) is 0 Å². The summed E-state index contributed by atoms with van der Waals surface area (Å²) in [5.41, 5.74) is 0.483. The Balaban J connectivity index is 2.83. The van der Waals surface area contributed by atoms with Gasteiger partial charge < -0.3 is 9.29 Å². The molecule has 8 heteroatoms. The van der Waals surface area contributed by atoms with Crippen LogP contribution in [0.5, 0.6) is 5.75 Å². The third-order valence-corrected chi connectivity index (χ3v) is 4.37. The van der Waals surface area contributed by atoms with Crippen molar-refractivity contribution in [3.63, 3.8) is 0 Å². The van der Waals surface area contributed by atoms with Crippen LogP contribution < -0.4 is 9.46 Å². The molecule has 0 heterocycles. The van der Waals surface area contributed by atoms with Gasteiger partial charge in [-0.05, 0) is 45.4 Å². The topological polar surface area (TPSA) is 44.3 Å². The summed E-state index contributed by atoms with van der Waals surface area (Å²) >= 11 is -1.36. The Bertz CT molecular complexity index is 503. The van der Waals surface area contributed by atoms with Crippen LogP contribution in [0.15, 0.2) is 18.2 Å². The van der Waals surface area contributed by atoms with Crippen LogP contribution in [-0.4, -0.2) is 22.1 Å². The molecular weight excluding hydrogens is 322 g/mol. The number of halogens is 4. The molecule has 1 aromatic carbocycles. The number of rotatable bonds is 5. The molecule has 0 aromatic heterocycles. The summed E-state index contributed by atoms with van der Waals surface area (Å²) < 4.78 is 68.7. The van der Waals surface area contributed by atoms with Crippen molar-refractivity contribution in [2.45, 2.75) is 44.7 Å². The summed E-state index contributed by atoms with van der Waals surface area (Å²) in [6.45, 7) is 5.47. The highest BCUT2D eigenvalue weighted by Gasteiger charge is 2.30. The molecule has 0 aliphatic heterocycles. The van der Waals surface area contributed by atoms with Crippen LogP contribution in [-0.2, 0) is 11.4 Å². The first-order chi connectivity index (χ1) is 9.90. The van der Waals surface area contributed by atoms with E-state index < -0.39 is 46.5 Å². The molecule has 0 saturated heterocycles. The maximum absolute atomic E-state index is 13.5. The van der Waals surface area contributed by atoms with Gasteiger partial charge >= 0.3 is 6.18 Å². The van der Waals surface area contributed by atoms with Gasteiger partial charge in [-0.2, -0.15) is 13.2 Å². The molecule has 1 N–H and O–H groups in total. The molecule has 0 fully saturated rings. The van der Waals surface area contributed by atoms with Gasteiger partial charge in [0, 0.05) is 11.4 Å². The zero-order chi connectivity index (χ0) is 17.1. The Morgan fingerprint density at radius 3 is 2.36 bits per heavy atom. The first kappa shape index (κ1) is 19.1. The molecule has 0 amide bonds. The number of nitrogens with one attached hydrogen (secondary N) is 1. The molecule has 1 aromatic rings. The van der Waals surface area contributed by atoms with Gasteiger partial charge in [0.25, 0.3) is 0 Å². The predicted octanol–water partition coefficient (Wildman–Crippen LogP) is 3.88. The van der Waals surface area contributed by atoms with Gasteiger partial charge in [-0.25, -0.2) is 4.39 Å². The molecule has 22 heavy (non-hydrogen) atoms. The minimum Gasteiger partial charge on any atom is -0.598 e. The van der Waals surface area contributed by atoms with E-state index in [1.165, 1.54) is 12.1 Å². The van der Waals surface area contributed by atoms with Gasteiger partial charge in [0.15, 0.2) is 18.2 Å². The highest BCUT2D eigenvalue weighted by atomic mass is 32.2. The average Bonchev–Trinajstić information content (AvgIpc) is 2.35. The second-order valence-electron chi connectivity index (χ2n) is 5.81. The Morgan fingerprint density at radius 2 is 1.86 bits per heavy atom. The summed E-state index contributed by atoms with van der Waals surface area (Å²) in [5, 5.41) is 0. The summed E-state index contributed by atoms with van der Waals surface area (Å²) in [7, 11) is 0. The van der Waals surface area contributed by atoms with Gasteiger partial charge in [0.2, 0.25) is 0 Å². The van der Waals surface area contributed by atoms with Crippen LogP contribution in [0.1, 0.15) is 39.3 Å². The van der Waals surface area contributed by atoms with Gasteiger partial charge in [-0.1, -0.05) is 6.07 Å². The van der Waals surface area contributed by atoms with E-state index in [0.29, 0.717) is 5.56 Å². The second-order valence-corrected chi connectivity index (χ2v) is 7.81. The SMILES string of the molecule is CC(N[S@+]([O-])C(C)(C)C)c1ccc(F)c(OCC(F)(F)F)c1. The third-order valence-electron chi connectivity index (χ3n) is 2.69. The van der Waals surface area contributed by atoms with E-state index in [9.17, 15) is 22.1 Å². The quantitative estimate of drug-likeness (QED) is 0.653. The zero-order valence-electron chi connectivity index (χ0n) is 12.8. The van der Waals surface area contributed by atoms with Crippen LogP contribution in [0.4, 0.5) is 17.6 Å². The molecule has 3 nitrogen and oxygen atoms in total. The number of benzene rings is 1. The normalized spacial score (nSPS) is 15.5. The van der Waals surface area contributed by atoms with E-state index in [1.807, 2.05) is 0 Å². The van der Waals surface area contributed by atoms with Gasteiger partial charge in [-0.3, -0.25) is 0 Å². The lowest BCUT2D eigenvalue weighted by molar-refractivity contribution is -0.153. The monoisotopic (exact) mass is 341 g/mol. The van der Waals surface area contributed by atoms with E-state index >= 15 is 0 Å². The van der Waals surface area contributed by atoms with Crippen molar-refractivity contribution in [3.8, 4) is 5.75 Å². The molecule has 126 valence electrons. The Hall–Kier alpha value is -0.990. The molecular formula is C14H19F4NO2S. The molecule has 0 bridgehead atoms. The van der Waals surface area contributed by atoms with E-state index in [2.05, 4.69) is 9.46 Å². The van der Waals surface area contributed by atoms with Gasteiger partial charge in [0.1, 0.15) is 4.75 Å². The van der Waals surface area contributed by atoms with E-state index in [-0.39, 0.29) is 0 Å². The highest BCUT2D eigenvalue weighted by molar-refractivity contribution is 7.90. The van der Waals surface area contributed by atoms with Crippen LogP contribution in [0.3, 0.4) is 0 Å².